The molecule has 0 aliphatic heterocycles. The summed E-state index contributed by atoms with van der Waals surface area (Å²) in [6.45, 7) is 8.00. The average Bonchev–Trinajstić information content (AvgIpc) is 2.44. The maximum Gasteiger partial charge on any atom is 0.341 e. The van der Waals surface area contributed by atoms with Gasteiger partial charge in [0.15, 0.2) is 6.61 Å². The lowest BCUT2D eigenvalue weighted by Crippen LogP contribution is -2.40. The third kappa shape index (κ3) is 12.9. The molecular weight excluding hydrogens is 362 g/mol. The Hall–Kier alpha value is -1.38. The molecule has 0 radical (unpaired) electrons. The molecular formula is C18H30ClNO6. The van der Waals surface area contributed by atoms with Gasteiger partial charge >= 0.3 is 5.97 Å². The van der Waals surface area contributed by atoms with Crippen molar-refractivity contribution in [2.45, 2.75) is 46.0 Å². The number of aliphatic carboxylic acids is 1. The van der Waals surface area contributed by atoms with Gasteiger partial charge in [-0.2, -0.15) is 0 Å². The van der Waals surface area contributed by atoms with Crippen LogP contribution in [0.15, 0.2) is 18.2 Å². The number of aliphatic hydroxyl groups excluding tert-OH is 3. The Morgan fingerprint density at radius 3 is 1.88 bits per heavy atom. The van der Waals surface area contributed by atoms with E-state index in [9.17, 15) is 4.79 Å². The lowest BCUT2D eigenvalue weighted by molar-refractivity contribution is -0.139. The first-order valence-corrected chi connectivity index (χ1v) is 8.76. The standard InChI is InChI=1S/C9H9ClO3.C9H21NO3/c1-6-4-7(10)2-3-8(6)13-5-9(11)12;1-7(11)4-10(5-8(2)12)6-9(3)13/h2-4H,5H2,1H3,(H,11,12);7-9,11-13H,4-6H2,1-3H3. The number of carboxylic acid groups (broad SMARTS) is 1. The Labute approximate surface area is 159 Å². The van der Waals surface area contributed by atoms with E-state index in [4.69, 9.17) is 36.8 Å². The van der Waals surface area contributed by atoms with Crippen LogP contribution in [0, 0.1) is 6.92 Å². The third-order valence-electron chi connectivity index (χ3n) is 3.06. The van der Waals surface area contributed by atoms with Crippen LogP contribution in [0.2, 0.25) is 5.02 Å². The SMILES string of the molecule is CC(O)CN(CC(C)O)CC(C)O.Cc1cc(Cl)ccc1OCC(=O)O. The summed E-state index contributed by atoms with van der Waals surface area (Å²) in [5, 5.41) is 36.4. The molecule has 1 rings (SSSR count). The summed E-state index contributed by atoms with van der Waals surface area (Å²) in [6, 6.07) is 5.03. The van der Waals surface area contributed by atoms with Gasteiger partial charge < -0.3 is 25.2 Å². The average molecular weight is 392 g/mol. The summed E-state index contributed by atoms with van der Waals surface area (Å²) in [5.41, 5.74) is 0.828. The van der Waals surface area contributed by atoms with E-state index < -0.39 is 24.3 Å². The number of hydrogen-bond donors (Lipinski definition) is 4. The number of aliphatic hydroxyl groups is 3. The Bertz CT molecular complexity index is 513. The maximum atomic E-state index is 10.2. The first kappa shape index (κ1) is 24.6. The second kappa shape index (κ2) is 12.9. The quantitative estimate of drug-likeness (QED) is 0.505. The van der Waals surface area contributed by atoms with Crippen LogP contribution in [-0.2, 0) is 4.79 Å². The van der Waals surface area contributed by atoms with Crippen LogP contribution in [0.5, 0.6) is 5.75 Å². The summed E-state index contributed by atoms with van der Waals surface area (Å²) >= 11 is 5.71. The number of carbonyl (C=O) groups is 1. The van der Waals surface area contributed by atoms with Crippen LogP contribution < -0.4 is 4.74 Å². The van der Waals surface area contributed by atoms with E-state index in [0.717, 1.165) is 5.56 Å². The molecule has 0 spiro atoms. The lowest BCUT2D eigenvalue weighted by Gasteiger charge is -2.25. The molecule has 0 saturated heterocycles. The second-order valence-electron chi connectivity index (χ2n) is 6.36. The monoisotopic (exact) mass is 391 g/mol. The maximum absolute atomic E-state index is 10.2. The van der Waals surface area contributed by atoms with Crippen molar-refractivity contribution >= 4 is 17.6 Å². The normalized spacial score (nSPS) is 14.2. The molecule has 0 heterocycles. The van der Waals surface area contributed by atoms with E-state index >= 15 is 0 Å². The number of rotatable bonds is 9. The predicted molar refractivity (Wildman–Crippen MR) is 101 cm³/mol. The molecule has 4 N–H and O–H groups in total. The van der Waals surface area contributed by atoms with Gasteiger partial charge in [-0.05, 0) is 51.5 Å². The van der Waals surface area contributed by atoms with Crippen molar-refractivity contribution in [3.63, 3.8) is 0 Å². The number of hydrogen-bond acceptors (Lipinski definition) is 6. The Kier molecular flexibility index (Phi) is 12.2. The summed E-state index contributed by atoms with van der Waals surface area (Å²) in [7, 11) is 0. The zero-order valence-electron chi connectivity index (χ0n) is 15.7. The number of carboxylic acids is 1. The number of ether oxygens (including phenoxy) is 1. The molecule has 0 fully saturated rings. The van der Waals surface area contributed by atoms with Crippen molar-refractivity contribution in [1.82, 2.24) is 4.90 Å². The molecule has 8 heteroatoms. The van der Waals surface area contributed by atoms with Crippen LogP contribution in [0.3, 0.4) is 0 Å². The first-order valence-electron chi connectivity index (χ1n) is 8.38. The Balaban J connectivity index is 0.000000481. The molecule has 0 amide bonds. The van der Waals surface area contributed by atoms with Gasteiger partial charge in [0.1, 0.15) is 5.75 Å². The van der Waals surface area contributed by atoms with E-state index in [0.29, 0.717) is 30.4 Å². The van der Waals surface area contributed by atoms with Crippen molar-refractivity contribution < 1.29 is 30.0 Å². The largest absolute Gasteiger partial charge is 0.482 e. The van der Waals surface area contributed by atoms with E-state index in [2.05, 4.69) is 0 Å². The molecule has 0 aromatic heterocycles. The molecule has 0 aliphatic carbocycles. The molecule has 1 aromatic carbocycles. The minimum atomic E-state index is -0.991. The van der Waals surface area contributed by atoms with E-state index in [1.165, 1.54) is 0 Å². The summed E-state index contributed by atoms with van der Waals surface area (Å²) in [6.07, 6.45) is -1.30. The zero-order chi connectivity index (χ0) is 20.3. The molecule has 26 heavy (non-hydrogen) atoms. The van der Waals surface area contributed by atoms with E-state index in [1.807, 2.05) is 11.8 Å². The molecule has 3 unspecified atom stereocenters. The summed E-state index contributed by atoms with van der Waals surface area (Å²) < 4.78 is 5.00. The highest BCUT2D eigenvalue weighted by Gasteiger charge is 2.12. The topological polar surface area (TPSA) is 110 Å². The van der Waals surface area contributed by atoms with Crippen LogP contribution in [0.1, 0.15) is 26.3 Å². The van der Waals surface area contributed by atoms with E-state index in [1.54, 1.807) is 39.0 Å². The lowest BCUT2D eigenvalue weighted by atomic mass is 10.2. The number of halogens is 1. The van der Waals surface area contributed by atoms with Gasteiger partial charge in [-0.1, -0.05) is 11.6 Å². The van der Waals surface area contributed by atoms with Gasteiger partial charge in [-0.25, -0.2) is 4.79 Å². The van der Waals surface area contributed by atoms with E-state index in [-0.39, 0.29) is 6.61 Å². The molecule has 7 nitrogen and oxygen atoms in total. The summed E-state index contributed by atoms with van der Waals surface area (Å²) in [5.74, 6) is -0.443. The van der Waals surface area contributed by atoms with Crippen molar-refractivity contribution in [3.05, 3.63) is 28.8 Å². The summed E-state index contributed by atoms with van der Waals surface area (Å²) in [4.78, 5) is 12.0. The fourth-order valence-electron chi connectivity index (χ4n) is 2.26. The second-order valence-corrected chi connectivity index (χ2v) is 6.79. The molecule has 0 bridgehead atoms. The van der Waals surface area contributed by atoms with Crippen LogP contribution in [-0.4, -0.2) is 75.8 Å². The number of nitrogens with zero attached hydrogens (tertiary/aromatic N) is 1. The third-order valence-corrected chi connectivity index (χ3v) is 3.29. The minimum Gasteiger partial charge on any atom is -0.482 e. The van der Waals surface area contributed by atoms with Crippen molar-refractivity contribution in [1.29, 1.82) is 0 Å². The van der Waals surface area contributed by atoms with Crippen molar-refractivity contribution in [2.75, 3.05) is 26.2 Å². The van der Waals surface area contributed by atoms with Gasteiger partial charge in [0.05, 0.1) is 18.3 Å². The first-order chi connectivity index (χ1) is 12.0. The minimum absolute atomic E-state index is 0.331. The molecule has 0 aliphatic rings. The predicted octanol–water partition coefficient (Wildman–Crippen LogP) is 1.54. The van der Waals surface area contributed by atoms with Crippen LogP contribution in [0.25, 0.3) is 0 Å². The van der Waals surface area contributed by atoms with Gasteiger partial charge in [-0.3, -0.25) is 4.90 Å². The highest BCUT2D eigenvalue weighted by molar-refractivity contribution is 6.30. The fourth-order valence-corrected chi connectivity index (χ4v) is 2.49. The zero-order valence-corrected chi connectivity index (χ0v) is 16.5. The van der Waals surface area contributed by atoms with Gasteiger partial charge in [0.25, 0.3) is 0 Å². The van der Waals surface area contributed by atoms with Crippen molar-refractivity contribution in [3.8, 4) is 5.75 Å². The van der Waals surface area contributed by atoms with Gasteiger partial charge in [0, 0.05) is 24.7 Å². The van der Waals surface area contributed by atoms with Gasteiger partial charge in [-0.15, -0.1) is 0 Å². The fraction of sp³-hybridized carbons (Fsp3) is 0.611. The van der Waals surface area contributed by atoms with Crippen LogP contribution >= 0.6 is 11.6 Å². The molecule has 150 valence electrons. The molecule has 0 saturated carbocycles. The number of aryl methyl sites for hydroxylation is 1. The van der Waals surface area contributed by atoms with Crippen LogP contribution in [0.4, 0.5) is 0 Å². The highest BCUT2D eigenvalue weighted by Crippen LogP contribution is 2.21. The molecule has 1 aromatic rings. The Morgan fingerprint density at radius 1 is 1.08 bits per heavy atom. The van der Waals surface area contributed by atoms with Gasteiger partial charge in [0.2, 0.25) is 0 Å². The molecule has 3 atom stereocenters. The Morgan fingerprint density at radius 2 is 1.54 bits per heavy atom. The smallest absolute Gasteiger partial charge is 0.341 e. The highest BCUT2D eigenvalue weighted by atomic mass is 35.5. The van der Waals surface area contributed by atoms with Crippen molar-refractivity contribution in [2.24, 2.45) is 0 Å². The number of benzene rings is 1.